The number of halogens is 1. The lowest BCUT2D eigenvalue weighted by Gasteiger charge is -2.08. The lowest BCUT2D eigenvalue weighted by atomic mass is 10.0. The maximum Gasteiger partial charge on any atom is 0.119 e. The fraction of sp³-hybridized carbons (Fsp3) is 0.250. The molecule has 2 nitrogen and oxygen atoms in total. The van der Waals surface area contributed by atoms with Crippen molar-refractivity contribution in [3.8, 4) is 16.9 Å². The van der Waals surface area contributed by atoms with Gasteiger partial charge >= 0.3 is 0 Å². The van der Waals surface area contributed by atoms with Gasteiger partial charge in [-0.15, -0.1) is 0 Å². The van der Waals surface area contributed by atoms with Crippen molar-refractivity contribution in [2.45, 2.75) is 25.5 Å². The van der Waals surface area contributed by atoms with Gasteiger partial charge in [0.15, 0.2) is 0 Å². The van der Waals surface area contributed by atoms with E-state index in [2.05, 4.69) is 12.1 Å². The molecule has 1 aliphatic rings. The van der Waals surface area contributed by atoms with Crippen molar-refractivity contribution in [3.63, 3.8) is 0 Å². The van der Waals surface area contributed by atoms with Gasteiger partial charge in [0.2, 0.25) is 0 Å². The minimum absolute atomic E-state index is 0.434. The molecule has 2 aromatic carbocycles. The lowest BCUT2D eigenvalue weighted by molar-refractivity contribution is 0.303. The van der Waals surface area contributed by atoms with E-state index < -0.39 is 0 Å². The molecule has 0 aromatic heterocycles. The van der Waals surface area contributed by atoms with Crippen LogP contribution in [0.5, 0.6) is 5.75 Å². The second kappa shape index (κ2) is 5.24. The highest BCUT2D eigenvalue weighted by Gasteiger charge is 2.23. The van der Waals surface area contributed by atoms with Crippen LogP contribution in [0.3, 0.4) is 0 Å². The predicted molar refractivity (Wildman–Crippen MR) is 78.4 cm³/mol. The molecule has 2 aromatic rings. The zero-order chi connectivity index (χ0) is 13.2. The van der Waals surface area contributed by atoms with E-state index in [0.29, 0.717) is 12.6 Å². The minimum Gasteiger partial charge on any atom is -0.490 e. The third-order valence-corrected chi connectivity index (χ3v) is 3.64. The summed E-state index contributed by atoms with van der Waals surface area (Å²) in [6.45, 7) is 0.466. The van der Waals surface area contributed by atoms with E-state index in [-0.39, 0.29) is 0 Å². The first-order chi connectivity index (χ1) is 9.26. The Morgan fingerprint density at radius 2 is 1.74 bits per heavy atom. The molecule has 0 spiro atoms. The van der Waals surface area contributed by atoms with Crippen LogP contribution >= 0.6 is 11.6 Å². The van der Waals surface area contributed by atoms with Crippen LogP contribution in [0, 0.1) is 0 Å². The van der Waals surface area contributed by atoms with E-state index in [0.717, 1.165) is 27.5 Å². The molecule has 0 heterocycles. The maximum atomic E-state index is 6.18. The molecule has 1 fully saturated rings. The van der Waals surface area contributed by atoms with E-state index in [4.69, 9.17) is 22.1 Å². The van der Waals surface area contributed by atoms with E-state index in [1.807, 2.05) is 30.3 Å². The van der Waals surface area contributed by atoms with Gasteiger partial charge in [-0.3, -0.25) is 0 Å². The van der Waals surface area contributed by atoms with Gasteiger partial charge in [0.25, 0.3) is 0 Å². The van der Waals surface area contributed by atoms with Crippen molar-refractivity contribution in [1.29, 1.82) is 0 Å². The maximum absolute atomic E-state index is 6.18. The smallest absolute Gasteiger partial charge is 0.119 e. The predicted octanol–water partition coefficient (Wildman–Crippen LogP) is 4.01. The number of ether oxygens (including phenoxy) is 1. The zero-order valence-electron chi connectivity index (χ0n) is 10.6. The summed E-state index contributed by atoms with van der Waals surface area (Å²) in [5.41, 5.74) is 8.81. The highest BCUT2D eigenvalue weighted by molar-refractivity contribution is 6.31. The lowest BCUT2D eigenvalue weighted by Crippen LogP contribution is -1.97. The molecule has 3 heteroatoms. The Hall–Kier alpha value is -1.51. The van der Waals surface area contributed by atoms with Crippen LogP contribution < -0.4 is 10.5 Å². The van der Waals surface area contributed by atoms with Crippen molar-refractivity contribution in [3.05, 3.63) is 53.1 Å². The summed E-state index contributed by atoms with van der Waals surface area (Å²) in [4.78, 5) is 0. The number of hydrogen-bond donors (Lipinski definition) is 1. The molecule has 2 N–H and O–H groups in total. The Bertz CT molecular complexity index is 576. The van der Waals surface area contributed by atoms with Crippen LogP contribution in [-0.4, -0.2) is 6.10 Å². The van der Waals surface area contributed by atoms with Crippen molar-refractivity contribution in [2.24, 2.45) is 5.73 Å². The number of rotatable bonds is 4. The van der Waals surface area contributed by atoms with Crippen LogP contribution in [0.4, 0.5) is 0 Å². The normalized spacial score (nSPS) is 14.4. The van der Waals surface area contributed by atoms with E-state index in [1.54, 1.807) is 0 Å². The zero-order valence-corrected chi connectivity index (χ0v) is 11.4. The average molecular weight is 274 g/mol. The first-order valence-electron chi connectivity index (χ1n) is 6.52. The first-order valence-corrected chi connectivity index (χ1v) is 6.89. The van der Waals surface area contributed by atoms with E-state index in [9.17, 15) is 0 Å². The second-order valence-corrected chi connectivity index (χ2v) is 5.26. The highest BCUT2D eigenvalue weighted by atomic mass is 35.5. The summed E-state index contributed by atoms with van der Waals surface area (Å²) in [5.74, 6) is 0.941. The SMILES string of the molecule is NCc1ccc(-c2ccc(OC3CC3)cc2)cc1Cl. The Morgan fingerprint density at radius 3 is 2.32 bits per heavy atom. The van der Waals surface area contributed by atoms with E-state index in [1.165, 1.54) is 12.8 Å². The molecule has 0 amide bonds. The molecule has 19 heavy (non-hydrogen) atoms. The summed E-state index contributed by atoms with van der Waals surface area (Å²) in [5, 5.41) is 0.721. The van der Waals surface area contributed by atoms with Gasteiger partial charge in [0, 0.05) is 11.6 Å². The van der Waals surface area contributed by atoms with Gasteiger partial charge in [-0.05, 0) is 47.7 Å². The quantitative estimate of drug-likeness (QED) is 0.914. The van der Waals surface area contributed by atoms with Crippen molar-refractivity contribution in [2.75, 3.05) is 0 Å². The molecule has 0 aliphatic heterocycles. The van der Waals surface area contributed by atoms with Crippen LogP contribution in [0.15, 0.2) is 42.5 Å². The number of nitrogens with two attached hydrogens (primary N) is 1. The van der Waals surface area contributed by atoms with Gasteiger partial charge in [-0.1, -0.05) is 35.9 Å². The number of benzene rings is 2. The standard InChI is InChI=1S/C16H16ClNO/c17-16-9-12(1-2-13(16)10-18)11-3-5-14(6-4-11)19-15-7-8-15/h1-6,9,15H,7-8,10,18H2. The molecule has 0 radical (unpaired) electrons. The molecule has 1 saturated carbocycles. The van der Waals surface area contributed by atoms with Gasteiger partial charge in [-0.25, -0.2) is 0 Å². The molecule has 98 valence electrons. The second-order valence-electron chi connectivity index (χ2n) is 4.85. The third-order valence-electron chi connectivity index (χ3n) is 3.29. The molecule has 1 aliphatic carbocycles. The molecule has 0 unspecified atom stereocenters. The molecule has 0 bridgehead atoms. The van der Waals surface area contributed by atoms with Crippen LogP contribution in [-0.2, 0) is 6.54 Å². The third kappa shape index (κ3) is 2.91. The Balaban J connectivity index is 1.82. The van der Waals surface area contributed by atoms with Crippen molar-refractivity contribution >= 4 is 11.6 Å². The fourth-order valence-electron chi connectivity index (χ4n) is 2.00. The summed E-state index contributed by atoms with van der Waals surface area (Å²) in [6, 6.07) is 14.1. The topological polar surface area (TPSA) is 35.2 Å². The van der Waals surface area contributed by atoms with Gasteiger partial charge in [0.1, 0.15) is 5.75 Å². The summed E-state index contributed by atoms with van der Waals surface area (Å²) < 4.78 is 5.73. The summed E-state index contributed by atoms with van der Waals surface area (Å²) in [7, 11) is 0. The molecule has 3 rings (SSSR count). The van der Waals surface area contributed by atoms with Crippen LogP contribution in [0.2, 0.25) is 5.02 Å². The summed E-state index contributed by atoms with van der Waals surface area (Å²) in [6.07, 6.45) is 2.79. The largest absolute Gasteiger partial charge is 0.490 e. The van der Waals surface area contributed by atoms with Gasteiger partial charge < -0.3 is 10.5 Å². The molecular weight excluding hydrogens is 258 g/mol. The van der Waals surface area contributed by atoms with Crippen molar-refractivity contribution < 1.29 is 4.74 Å². The van der Waals surface area contributed by atoms with E-state index >= 15 is 0 Å². The monoisotopic (exact) mass is 273 g/mol. The number of hydrogen-bond acceptors (Lipinski definition) is 2. The molecular formula is C16H16ClNO. The highest BCUT2D eigenvalue weighted by Crippen LogP contribution is 2.30. The summed E-state index contributed by atoms with van der Waals surface area (Å²) >= 11 is 6.18. The van der Waals surface area contributed by atoms with Crippen LogP contribution in [0.1, 0.15) is 18.4 Å². The van der Waals surface area contributed by atoms with Crippen LogP contribution in [0.25, 0.3) is 11.1 Å². The Morgan fingerprint density at radius 1 is 1.05 bits per heavy atom. The Labute approximate surface area is 118 Å². The van der Waals surface area contributed by atoms with Gasteiger partial charge in [0.05, 0.1) is 6.10 Å². The average Bonchev–Trinajstić information content (AvgIpc) is 3.23. The molecule has 0 saturated heterocycles. The van der Waals surface area contributed by atoms with Crippen molar-refractivity contribution in [1.82, 2.24) is 0 Å². The van der Waals surface area contributed by atoms with Gasteiger partial charge in [-0.2, -0.15) is 0 Å². The Kier molecular flexibility index (Phi) is 3.45. The minimum atomic E-state index is 0.434. The first kappa shape index (κ1) is 12.5. The fourth-order valence-corrected chi connectivity index (χ4v) is 2.25. The molecule has 0 atom stereocenters.